The Bertz CT molecular complexity index is 1130. The molecule has 3 amide bonds. The van der Waals surface area contributed by atoms with E-state index >= 15 is 0 Å². The molecule has 10 heteroatoms. The molecular weight excluding hydrogens is 434 g/mol. The van der Waals surface area contributed by atoms with Crippen LogP contribution in [0.4, 0.5) is 5.69 Å². The van der Waals surface area contributed by atoms with E-state index in [4.69, 9.17) is 4.74 Å². The minimum atomic E-state index is -3.69. The highest BCUT2D eigenvalue weighted by molar-refractivity contribution is 7.89. The first-order valence-electron chi connectivity index (χ1n) is 10.2. The van der Waals surface area contributed by atoms with Gasteiger partial charge in [-0.15, -0.1) is 0 Å². The maximum atomic E-state index is 12.9. The lowest BCUT2D eigenvalue weighted by Crippen LogP contribution is -2.48. The minimum Gasteiger partial charge on any atom is -0.373 e. The van der Waals surface area contributed by atoms with E-state index in [1.54, 1.807) is 24.3 Å². The topological polar surface area (TPSA) is 113 Å². The molecule has 0 spiro atoms. The minimum absolute atomic E-state index is 0.108. The summed E-state index contributed by atoms with van der Waals surface area (Å²) in [5.41, 5.74) is 0.896. The number of morpholine rings is 1. The maximum absolute atomic E-state index is 12.9. The van der Waals surface area contributed by atoms with Crippen molar-refractivity contribution in [3.05, 3.63) is 59.7 Å². The molecule has 2 aliphatic heterocycles. The van der Waals surface area contributed by atoms with Crippen LogP contribution in [-0.4, -0.2) is 67.2 Å². The maximum Gasteiger partial charge on any atom is 0.262 e. The van der Waals surface area contributed by atoms with Crippen LogP contribution in [-0.2, 0) is 19.6 Å². The van der Waals surface area contributed by atoms with E-state index in [0.29, 0.717) is 5.69 Å². The van der Waals surface area contributed by atoms with Gasteiger partial charge in [0.25, 0.3) is 11.8 Å². The van der Waals surface area contributed by atoms with Crippen LogP contribution in [0.3, 0.4) is 0 Å². The summed E-state index contributed by atoms with van der Waals surface area (Å²) in [6, 6.07) is 12.2. The van der Waals surface area contributed by atoms with E-state index < -0.39 is 34.3 Å². The zero-order valence-electron chi connectivity index (χ0n) is 17.6. The van der Waals surface area contributed by atoms with Gasteiger partial charge in [0.2, 0.25) is 15.9 Å². The average molecular weight is 458 g/mol. The number of sulfonamides is 1. The highest BCUT2D eigenvalue weighted by Gasteiger charge is 2.36. The number of carbonyl (C=O) groups is 3. The second-order valence-electron chi connectivity index (χ2n) is 7.89. The number of nitrogens with one attached hydrogen (secondary N) is 1. The van der Waals surface area contributed by atoms with Gasteiger partial charge in [0.05, 0.1) is 28.2 Å². The molecule has 1 fully saturated rings. The number of carbonyl (C=O) groups excluding carboxylic acids is 3. The normalized spacial score (nSPS) is 21.5. The Hall–Kier alpha value is -3.08. The molecule has 0 bridgehead atoms. The van der Waals surface area contributed by atoms with Crippen molar-refractivity contribution in [3.8, 4) is 0 Å². The summed E-state index contributed by atoms with van der Waals surface area (Å²) in [5.74, 6) is -1.60. The Morgan fingerprint density at radius 3 is 2.03 bits per heavy atom. The van der Waals surface area contributed by atoms with Gasteiger partial charge in [0.1, 0.15) is 6.54 Å². The van der Waals surface area contributed by atoms with Gasteiger partial charge in [-0.1, -0.05) is 12.1 Å². The van der Waals surface area contributed by atoms with Gasteiger partial charge in [-0.3, -0.25) is 19.3 Å². The predicted molar refractivity (Wildman–Crippen MR) is 116 cm³/mol. The van der Waals surface area contributed by atoms with Gasteiger partial charge in [0.15, 0.2) is 0 Å². The monoisotopic (exact) mass is 457 g/mol. The molecule has 2 aromatic carbocycles. The van der Waals surface area contributed by atoms with Gasteiger partial charge in [-0.25, -0.2) is 8.42 Å². The lowest BCUT2D eigenvalue weighted by atomic mass is 10.1. The molecule has 2 aliphatic rings. The molecule has 0 radical (unpaired) electrons. The van der Waals surface area contributed by atoms with Crippen LogP contribution >= 0.6 is 0 Å². The first-order chi connectivity index (χ1) is 15.2. The Kier molecular flexibility index (Phi) is 5.85. The number of rotatable bonds is 5. The highest BCUT2D eigenvalue weighted by Crippen LogP contribution is 2.24. The second kappa shape index (κ2) is 8.45. The summed E-state index contributed by atoms with van der Waals surface area (Å²) in [6.45, 7) is 3.75. The lowest BCUT2D eigenvalue weighted by molar-refractivity contribution is -0.116. The van der Waals surface area contributed by atoms with E-state index in [9.17, 15) is 22.8 Å². The van der Waals surface area contributed by atoms with Gasteiger partial charge in [0, 0.05) is 18.8 Å². The average Bonchev–Trinajstić information content (AvgIpc) is 2.98. The molecule has 0 unspecified atom stereocenters. The number of hydrogen-bond acceptors (Lipinski definition) is 6. The molecule has 2 aromatic rings. The largest absolute Gasteiger partial charge is 0.373 e. The third-order valence-electron chi connectivity index (χ3n) is 5.34. The van der Waals surface area contributed by atoms with E-state index in [1.807, 2.05) is 13.8 Å². The fourth-order valence-corrected chi connectivity index (χ4v) is 5.50. The van der Waals surface area contributed by atoms with Gasteiger partial charge >= 0.3 is 0 Å². The van der Waals surface area contributed by atoms with Crippen LogP contribution in [0.2, 0.25) is 0 Å². The molecule has 1 saturated heterocycles. The number of imide groups is 1. The quantitative estimate of drug-likeness (QED) is 0.684. The molecule has 0 aromatic heterocycles. The summed E-state index contributed by atoms with van der Waals surface area (Å²) in [7, 11) is -3.69. The van der Waals surface area contributed by atoms with Crippen LogP contribution < -0.4 is 5.32 Å². The van der Waals surface area contributed by atoms with Crippen LogP contribution in [0.1, 0.15) is 34.6 Å². The lowest BCUT2D eigenvalue weighted by Gasteiger charge is -2.34. The van der Waals surface area contributed by atoms with E-state index in [1.165, 1.54) is 28.6 Å². The van der Waals surface area contributed by atoms with Crippen LogP contribution in [0.25, 0.3) is 0 Å². The Labute approximate surface area is 186 Å². The summed E-state index contributed by atoms with van der Waals surface area (Å²) in [5, 5.41) is 2.60. The third kappa shape index (κ3) is 4.16. The molecule has 32 heavy (non-hydrogen) atoms. The van der Waals surface area contributed by atoms with Crippen molar-refractivity contribution in [2.45, 2.75) is 31.0 Å². The first-order valence-corrected chi connectivity index (χ1v) is 11.6. The molecule has 0 aliphatic carbocycles. The Morgan fingerprint density at radius 2 is 1.50 bits per heavy atom. The standard InChI is InChI=1S/C22H23N3O6S/c1-14-11-24(12-15(2)31-14)32(29,30)17-9-7-16(8-10-17)23-20(26)13-25-21(27)18-5-3-4-6-19(18)22(25)28/h3-10,14-15H,11-13H2,1-2H3,(H,23,26)/t14-,15-/m1/s1. The third-order valence-corrected chi connectivity index (χ3v) is 7.19. The van der Waals surface area contributed by atoms with Crippen molar-refractivity contribution >= 4 is 33.4 Å². The number of nitrogens with zero attached hydrogens (tertiary/aromatic N) is 2. The predicted octanol–water partition coefficient (Wildman–Crippen LogP) is 1.72. The van der Waals surface area contributed by atoms with Crippen molar-refractivity contribution in [2.75, 3.05) is 25.0 Å². The van der Waals surface area contributed by atoms with Crippen molar-refractivity contribution in [3.63, 3.8) is 0 Å². The molecular formula is C22H23N3O6S. The van der Waals surface area contributed by atoms with E-state index in [0.717, 1.165) is 4.90 Å². The van der Waals surface area contributed by atoms with Crippen LogP contribution in [0.15, 0.2) is 53.4 Å². The number of amides is 3. The fourth-order valence-electron chi connectivity index (χ4n) is 3.91. The SMILES string of the molecule is C[C@@H]1CN(S(=O)(=O)c2ccc(NC(=O)CN3C(=O)c4ccccc4C3=O)cc2)C[C@@H](C)O1. The number of ether oxygens (including phenoxy) is 1. The highest BCUT2D eigenvalue weighted by atomic mass is 32.2. The first kappa shape index (κ1) is 22.1. The molecule has 9 nitrogen and oxygen atoms in total. The molecule has 4 rings (SSSR count). The molecule has 2 atom stereocenters. The molecule has 168 valence electrons. The Morgan fingerprint density at radius 1 is 0.969 bits per heavy atom. The van der Waals surface area contributed by atoms with Gasteiger partial charge in [-0.2, -0.15) is 4.31 Å². The summed E-state index contributed by atoms with van der Waals surface area (Å²) >= 11 is 0. The van der Waals surface area contributed by atoms with E-state index in [2.05, 4.69) is 5.32 Å². The molecule has 2 heterocycles. The van der Waals surface area contributed by atoms with Crippen LogP contribution in [0.5, 0.6) is 0 Å². The van der Waals surface area contributed by atoms with Crippen molar-refractivity contribution < 1.29 is 27.5 Å². The molecule has 1 N–H and O–H groups in total. The molecule has 0 saturated carbocycles. The number of anilines is 1. The van der Waals surface area contributed by atoms with E-state index in [-0.39, 0.29) is 41.3 Å². The van der Waals surface area contributed by atoms with Crippen molar-refractivity contribution in [1.29, 1.82) is 0 Å². The number of hydrogen-bond donors (Lipinski definition) is 1. The zero-order valence-corrected chi connectivity index (χ0v) is 18.5. The van der Waals surface area contributed by atoms with Crippen molar-refractivity contribution in [1.82, 2.24) is 9.21 Å². The smallest absolute Gasteiger partial charge is 0.262 e. The second-order valence-corrected chi connectivity index (χ2v) is 9.83. The van der Waals surface area contributed by atoms with Crippen LogP contribution in [0, 0.1) is 0 Å². The Balaban J connectivity index is 1.41. The fraction of sp³-hybridized carbons (Fsp3) is 0.318. The zero-order chi connectivity index (χ0) is 23.0. The summed E-state index contributed by atoms with van der Waals surface area (Å²) in [4.78, 5) is 38.2. The number of fused-ring (bicyclic) bond motifs is 1. The summed E-state index contributed by atoms with van der Waals surface area (Å²) in [6.07, 6.45) is -0.400. The summed E-state index contributed by atoms with van der Waals surface area (Å²) < 4.78 is 32.8. The van der Waals surface area contributed by atoms with Gasteiger partial charge < -0.3 is 10.1 Å². The van der Waals surface area contributed by atoms with Gasteiger partial charge in [-0.05, 0) is 50.2 Å². The number of benzene rings is 2. The van der Waals surface area contributed by atoms with Crippen molar-refractivity contribution in [2.24, 2.45) is 0 Å².